The van der Waals surface area contributed by atoms with Gasteiger partial charge in [0, 0.05) is 24.6 Å². The third kappa shape index (κ3) is 3.44. The van der Waals surface area contributed by atoms with E-state index in [-0.39, 0.29) is 31.3 Å². The number of imide groups is 1. The molecule has 0 N–H and O–H groups in total. The maximum absolute atomic E-state index is 12.0. The third-order valence-corrected chi connectivity index (χ3v) is 3.79. The van der Waals surface area contributed by atoms with Crippen molar-refractivity contribution in [2.24, 2.45) is 0 Å². The highest BCUT2D eigenvalue weighted by Crippen LogP contribution is 2.23. The van der Waals surface area contributed by atoms with Crippen molar-refractivity contribution in [1.82, 2.24) is 4.98 Å². The Bertz CT molecular complexity index is 771. The van der Waals surface area contributed by atoms with Crippen LogP contribution in [0.2, 0.25) is 5.15 Å². The summed E-state index contributed by atoms with van der Waals surface area (Å²) in [6, 6.07) is 9.50. The van der Waals surface area contributed by atoms with Crippen LogP contribution in [0.4, 0.5) is 5.69 Å². The number of hydrogen-bond acceptors (Lipinski definition) is 5. The maximum Gasteiger partial charge on any atom is 0.338 e. The van der Waals surface area contributed by atoms with E-state index in [2.05, 4.69) is 4.98 Å². The molecule has 0 aliphatic carbocycles. The number of amides is 2. The lowest BCUT2D eigenvalue weighted by atomic mass is 10.2. The van der Waals surface area contributed by atoms with Gasteiger partial charge in [0.1, 0.15) is 11.8 Å². The molecular weight excluding hydrogens is 332 g/mol. The van der Waals surface area contributed by atoms with Gasteiger partial charge in [0.2, 0.25) is 11.8 Å². The summed E-state index contributed by atoms with van der Waals surface area (Å²) in [4.78, 5) is 40.4. The molecule has 1 aliphatic heterocycles. The maximum atomic E-state index is 12.0. The van der Waals surface area contributed by atoms with E-state index in [9.17, 15) is 14.4 Å². The van der Waals surface area contributed by atoms with Crippen molar-refractivity contribution in [2.75, 3.05) is 4.90 Å². The largest absolute Gasteiger partial charge is 0.457 e. The van der Waals surface area contributed by atoms with Crippen LogP contribution in [0.3, 0.4) is 0 Å². The average Bonchev–Trinajstić information content (AvgIpc) is 2.93. The van der Waals surface area contributed by atoms with E-state index in [0.717, 1.165) is 10.5 Å². The van der Waals surface area contributed by atoms with Gasteiger partial charge in [0.15, 0.2) is 0 Å². The van der Waals surface area contributed by atoms with E-state index in [0.29, 0.717) is 16.4 Å². The highest BCUT2D eigenvalue weighted by Gasteiger charge is 2.30. The molecular formula is C17H13ClN2O4. The van der Waals surface area contributed by atoms with Crippen LogP contribution in [0, 0.1) is 0 Å². The number of anilines is 1. The normalized spacial score (nSPS) is 14.1. The van der Waals surface area contributed by atoms with Gasteiger partial charge >= 0.3 is 5.97 Å². The van der Waals surface area contributed by atoms with Gasteiger partial charge in [-0.15, -0.1) is 0 Å². The lowest BCUT2D eigenvalue weighted by molar-refractivity contribution is -0.121. The van der Waals surface area contributed by atoms with Gasteiger partial charge in [-0.3, -0.25) is 14.5 Å². The minimum atomic E-state index is -0.504. The number of nitrogens with zero attached hydrogens (tertiary/aromatic N) is 2. The summed E-state index contributed by atoms with van der Waals surface area (Å²) in [5.74, 6) is -0.966. The zero-order valence-electron chi connectivity index (χ0n) is 12.6. The first kappa shape index (κ1) is 16.1. The Balaban J connectivity index is 1.64. The summed E-state index contributed by atoms with van der Waals surface area (Å²) in [6.07, 6.45) is 1.97. The number of pyridine rings is 1. The highest BCUT2D eigenvalue weighted by molar-refractivity contribution is 6.29. The lowest BCUT2D eigenvalue weighted by Crippen LogP contribution is -2.28. The third-order valence-electron chi connectivity index (χ3n) is 3.57. The molecule has 2 heterocycles. The van der Waals surface area contributed by atoms with Crippen molar-refractivity contribution in [3.05, 3.63) is 58.9 Å². The van der Waals surface area contributed by atoms with Crippen LogP contribution in [0.25, 0.3) is 0 Å². The van der Waals surface area contributed by atoms with Gasteiger partial charge < -0.3 is 4.74 Å². The first-order chi connectivity index (χ1) is 11.5. The first-order valence-corrected chi connectivity index (χ1v) is 7.66. The van der Waals surface area contributed by atoms with Gasteiger partial charge in [-0.2, -0.15) is 0 Å². The van der Waals surface area contributed by atoms with Crippen LogP contribution in [0.15, 0.2) is 42.6 Å². The summed E-state index contributed by atoms with van der Waals surface area (Å²) in [5, 5.41) is 0.367. The minimum Gasteiger partial charge on any atom is -0.457 e. The van der Waals surface area contributed by atoms with E-state index >= 15 is 0 Å². The second-order valence-electron chi connectivity index (χ2n) is 5.24. The number of aromatic nitrogens is 1. The number of benzene rings is 1. The number of hydrogen-bond donors (Lipinski definition) is 0. The number of carbonyl (C=O) groups excluding carboxylic acids is 3. The Morgan fingerprint density at radius 2 is 1.75 bits per heavy atom. The van der Waals surface area contributed by atoms with Crippen LogP contribution >= 0.6 is 11.6 Å². The fourth-order valence-corrected chi connectivity index (χ4v) is 2.45. The molecule has 2 amide bonds. The van der Waals surface area contributed by atoms with Gasteiger partial charge in [-0.05, 0) is 30.3 Å². The van der Waals surface area contributed by atoms with Crippen LogP contribution in [-0.2, 0) is 20.9 Å². The SMILES string of the molecule is O=C(OCc1ccc(Cl)nc1)c1ccc(N2C(=O)CCC2=O)cc1. The van der Waals surface area contributed by atoms with Crippen LogP contribution in [-0.4, -0.2) is 22.8 Å². The molecule has 7 heteroatoms. The van der Waals surface area contributed by atoms with Gasteiger partial charge in [-0.25, -0.2) is 9.78 Å². The molecule has 0 saturated carbocycles. The van der Waals surface area contributed by atoms with E-state index in [1.54, 1.807) is 24.3 Å². The van der Waals surface area contributed by atoms with Crippen molar-refractivity contribution >= 4 is 35.1 Å². The predicted octanol–water partition coefficient (Wildman–Crippen LogP) is 2.75. The summed E-state index contributed by atoms with van der Waals surface area (Å²) < 4.78 is 5.19. The standard InChI is InChI=1S/C17H13ClN2O4/c18-14-6-1-11(9-19-14)10-24-17(23)12-2-4-13(5-3-12)20-15(21)7-8-16(20)22/h1-6,9H,7-8,10H2. The molecule has 1 fully saturated rings. The number of halogens is 1. The summed E-state index contributed by atoms with van der Waals surface area (Å²) >= 11 is 5.69. The number of esters is 1. The number of rotatable bonds is 4. The Morgan fingerprint density at radius 1 is 1.08 bits per heavy atom. The van der Waals surface area contributed by atoms with Crippen molar-refractivity contribution in [2.45, 2.75) is 19.4 Å². The van der Waals surface area contributed by atoms with Crippen LogP contribution < -0.4 is 4.90 Å². The van der Waals surface area contributed by atoms with Crippen molar-refractivity contribution in [3.8, 4) is 0 Å². The summed E-state index contributed by atoms with van der Waals surface area (Å²) in [5.41, 5.74) is 1.51. The van der Waals surface area contributed by atoms with E-state index in [1.807, 2.05) is 0 Å². The Hall–Kier alpha value is -2.73. The van der Waals surface area contributed by atoms with Crippen molar-refractivity contribution in [3.63, 3.8) is 0 Å². The molecule has 0 spiro atoms. The topological polar surface area (TPSA) is 76.6 Å². The minimum absolute atomic E-state index is 0.0772. The fraction of sp³-hybridized carbons (Fsp3) is 0.176. The predicted molar refractivity (Wildman–Crippen MR) is 86.5 cm³/mol. The molecule has 0 radical (unpaired) electrons. The zero-order valence-corrected chi connectivity index (χ0v) is 13.3. The van der Waals surface area contributed by atoms with E-state index < -0.39 is 5.97 Å². The van der Waals surface area contributed by atoms with Crippen molar-refractivity contribution < 1.29 is 19.1 Å². The quantitative estimate of drug-likeness (QED) is 0.484. The molecule has 1 aliphatic rings. The average molecular weight is 345 g/mol. The Morgan fingerprint density at radius 3 is 2.33 bits per heavy atom. The first-order valence-electron chi connectivity index (χ1n) is 7.28. The molecule has 3 rings (SSSR count). The molecule has 1 aromatic heterocycles. The van der Waals surface area contributed by atoms with E-state index in [1.165, 1.54) is 18.3 Å². The Kier molecular flexibility index (Phi) is 4.57. The monoisotopic (exact) mass is 344 g/mol. The molecule has 24 heavy (non-hydrogen) atoms. The number of carbonyl (C=O) groups is 3. The molecule has 1 saturated heterocycles. The highest BCUT2D eigenvalue weighted by atomic mass is 35.5. The molecule has 122 valence electrons. The molecule has 2 aromatic rings. The second kappa shape index (κ2) is 6.80. The molecule has 6 nitrogen and oxygen atoms in total. The summed E-state index contributed by atoms with van der Waals surface area (Å²) in [7, 11) is 0. The fourth-order valence-electron chi connectivity index (χ4n) is 2.34. The van der Waals surface area contributed by atoms with Gasteiger partial charge in [0.25, 0.3) is 0 Å². The lowest BCUT2D eigenvalue weighted by Gasteiger charge is -2.14. The molecule has 0 unspecified atom stereocenters. The number of ether oxygens (including phenoxy) is 1. The molecule has 0 bridgehead atoms. The molecule has 1 aromatic carbocycles. The van der Waals surface area contributed by atoms with Crippen LogP contribution in [0.1, 0.15) is 28.8 Å². The Labute approximate surface area is 143 Å². The second-order valence-corrected chi connectivity index (χ2v) is 5.62. The van der Waals surface area contributed by atoms with Gasteiger partial charge in [0.05, 0.1) is 11.3 Å². The van der Waals surface area contributed by atoms with Crippen LogP contribution in [0.5, 0.6) is 0 Å². The van der Waals surface area contributed by atoms with Crippen molar-refractivity contribution in [1.29, 1.82) is 0 Å². The molecule has 0 atom stereocenters. The van der Waals surface area contributed by atoms with E-state index in [4.69, 9.17) is 16.3 Å². The smallest absolute Gasteiger partial charge is 0.338 e. The summed E-state index contributed by atoms with van der Waals surface area (Å²) in [6.45, 7) is 0.0772. The van der Waals surface area contributed by atoms with Gasteiger partial charge in [-0.1, -0.05) is 17.7 Å². The zero-order chi connectivity index (χ0) is 17.1.